The van der Waals surface area contributed by atoms with Crippen molar-refractivity contribution in [2.75, 3.05) is 13.6 Å². The number of aryl methyl sites for hydroxylation is 1. The molecule has 0 aromatic heterocycles. The highest BCUT2D eigenvalue weighted by atomic mass is 16.5. The van der Waals surface area contributed by atoms with Gasteiger partial charge in [-0.25, -0.2) is 4.79 Å². The maximum absolute atomic E-state index is 12.2. The van der Waals surface area contributed by atoms with Gasteiger partial charge >= 0.3 is 5.97 Å². The van der Waals surface area contributed by atoms with Crippen molar-refractivity contribution >= 4 is 5.97 Å². The van der Waals surface area contributed by atoms with Crippen LogP contribution in [0.4, 0.5) is 0 Å². The summed E-state index contributed by atoms with van der Waals surface area (Å²) in [6.45, 7) is 0.609. The number of hydrogen-bond donors (Lipinski definition) is 0. The Bertz CT molecular complexity index is 746. The fourth-order valence-electron chi connectivity index (χ4n) is 3.07. The smallest absolute Gasteiger partial charge is 0.343 e. The number of carbonyl (C=O) groups excluding carboxylic acids is 1. The van der Waals surface area contributed by atoms with Gasteiger partial charge in [-0.1, -0.05) is 30.2 Å². The maximum atomic E-state index is 12.2. The maximum Gasteiger partial charge on any atom is 0.343 e. The lowest BCUT2D eigenvalue weighted by Crippen LogP contribution is -2.23. The lowest BCUT2D eigenvalue weighted by Gasteiger charge is -2.23. The fourth-order valence-corrected chi connectivity index (χ4v) is 3.07. The van der Waals surface area contributed by atoms with E-state index in [1.807, 2.05) is 43.4 Å². The van der Waals surface area contributed by atoms with Crippen molar-refractivity contribution in [3.05, 3.63) is 65.2 Å². The quantitative estimate of drug-likeness (QED) is 0.492. The molecule has 0 saturated heterocycles. The van der Waals surface area contributed by atoms with Crippen molar-refractivity contribution in [3.8, 4) is 18.1 Å². The van der Waals surface area contributed by atoms with Crippen LogP contribution in [0.2, 0.25) is 0 Å². The summed E-state index contributed by atoms with van der Waals surface area (Å²) in [5, 5.41) is 0. The van der Waals surface area contributed by atoms with Crippen LogP contribution in [0.3, 0.4) is 0 Å². The number of hydrogen-bond acceptors (Lipinski definition) is 3. The Morgan fingerprint density at radius 3 is 2.83 bits per heavy atom. The zero-order chi connectivity index (χ0) is 16.2. The third kappa shape index (κ3) is 3.28. The van der Waals surface area contributed by atoms with Gasteiger partial charge in [0.1, 0.15) is 5.75 Å². The van der Waals surface area contributed by atoms with Crippen LogP contribution in [0.15, 0.2) is 48.5 Å². The van der Waals surface area contributed by atoms with Gasteiger partial charge in [-0.3, -0.25) is 4.90 Å². The van der Waals surface area contributed by atoms with Crippen molar-refractivity contribution in [1.29, 1.82) is 0 Å². The van der Waals surface area contributed by atoms with Crippen LogP contribution in [0.1, 0.15) is 33.9 Å². The third-order valence-corrected chi connectivity index (χ3v) is 4.26. The van der Waals surface area contributed by atoms with Crippen LogP contribution in [0.25, 0.3) is 0 Å². The van der Waals surface area contributed by atoms with E-state index in [1.54, 1.807) is 12.1 Å². The van der Waals surface area contributed by atoms with E-state index in [2.05, 4.69) is 10.8 Å². The minimum absolute atomic E-state index is 0.288. The van der Waals surface area contributed by atoms with Gasteiger partial charge in [-0.2, -0.15) is 0 Å². The number of ether oxygens (including phenoxy) is 1. The second-order valence-corrected chi connectivity index (χ2v) is 5.79. The molecule has 3 nitrogen and oxygen atoms in total. The van der Waals surface area contributed by atoms with Gasteiger partial charge in [-0.05, 0) is 55.3 Å². The van der Waals surface area contributed by atoms with Crippen LogP contribution in [0.5, 0.6) is 5.75 Å². The predicted molar refractivity (Wildman–Crippen MR) is 90.4 cm³/mol. The number of fused-ring (bicyclic) bond motifs is 1. The largest absolute Gasteiger partial charge is 0.423 e. The zero-order valence-corrected chi connectivity index (χ0v) is 13.2. The highest BCUT2D eigenvalue weighted by Gasteiger charge is 2.26. The van der Waals surface area contributed by atoms with Gasteiger partial charge < -0.3 is 4.74 Å². The van der Waals surface area contributed by atoms with Crippen LogP contribution in [-0.4, -0.2) is 24.5 Å². The molecular weight excluding hydrogens is 286 g/mol. The molecule has 0 aliphatic heterocycles. The standard InChI is InChI=1S/C20H19NO2/c1-3-13-21(2)19-12-10-15-9-11-17(14-18(15)19)23-20(22)16-7-5-4-6-8-16/h1,4-9,11,14,19H,10,12-13H2,2H3. The first-order chi connectivity index (χ1) is 11.2. The summed E-state index contributed by atoms with van der Waals surface area (Å²) >= 11 is 0. The third-order valence-electron chi connectivity index (χ3n) is 4.26. The van der Waals surface area contributed by atoms with E-state index in [-0.39, 0.29) is 12.0 Å². The molecule has 0 saturated carbocycles. The van der Waals surface area contributed by atoms with Crippen molar-refractivity contribution < 1.29 is 9.53 Å². The van der Waals surface area contributed by atoms with E-state index in [0.717, 1.165) is 12.8 Å². The van der Waals surface area contributed by atoms with E-state index in [4.69, 9.17) is 11.2 Å². The molecule has 1 unspecified atom stereocenters. The van der Waals surface area contributed by atoms with E-state index in [1.165, 1.54) is 11.1 Å². The van der Waals surface area contributed by atoms with Gasteiger partial charge in [0, 0.05) is 6.04 Å². The minimum atomic E-state index is -0.336. The number of esters is 1. The minimum Gasteiger partial charge on any atom is -0.423 e. The van der Waals surface area contributed by atoms with E-state index in [0.29, 0.717) is 17.9 Å². The average molecular weight is 305 g/mol. The summed E-state index contributed by atoms with van der Waals surface area (Å²) in [7, 11) is 2.03. The number of nitrogens with zero attached hydrogens (tertiary/aromatic N) is 1. The molecule has 3 rings (SSSR count). The predicted octanol–water partition coefficient (Wildman–Crippen LogP) is 3.46. The van der Waals surface area contributed by atoms with Gasteiger partial charge in [-0.15, -0.1) is 6.42 Å². The second kappa shape index (κ2) is 6.68. The Morgan fingerprint density at radius 1 is 1.30 bits per heavy atom. The van der Waals surface area contributed by atoms with Crippen molar-refractivity contribution in [1.82, 2.24) is 4.90 Å². The molecule has 0 spiro atoms. The Morgan fingerprint density at radius 2 is 2.09 bits per heavy atom. The highest BCUT2D eigenvalue weighted by Crippen LogP contribution is 2.37. The molecule has 1 aliphatic rings. The van der Waals surface area contributed by atoms with Gasteiger partial charge in [0.2, 0.25) is 0 Å². The fraction of sp³-hybridized carbons (Fsp3) is 0.250. The molecule has 0 radical (unpaired) electrons. The molecule has 3 heteroatoms. The summed E-state index contributed by atoms with van der Waals surface area (Å²) in [6.07, 6.45) is 7.49. The average Bonchev–Trinajstić information content (AvgIpc) is 2.99. The molecule has 23 heavy (non-hydrogen) atoms. The lowest BCUT2D eigenvalue weighted by molar-refractivity contribution is 0.0734. The van der Waals surface area contributed by atoms with Crippen LogP contribution < -0.4 is 4.74 Å². The number of rotatable bonds is 4. The number of benzene rings is 2. The van der Waals surface area contributed by atoms with Crippen LogP contribution >= 0.6 is 0 Å². The Hall–Kier alpha value is -2.57. The Balaban J connectivity index is 1.80. The first-order valence-corrected chi connectivity index (χ1v) is 7.73. The molecule has 0 heterocycles. The van der Waals surface area contributed by atoms with E-state index < -0.39 is 0 Å². The highest BCUT2D eigenvalue weighted by molar-refractivity contribution is 5.91. The van der Waals surface area contributed by atoms with Crippen LogP contribution in [0, 0.1) is 12.3 Å². The normalized spacial score (nSPS) is 16.0. The molecule has 116 valence electrons. The van der Waals surface area contributed by atoms with E-state index >= 15 is 0 Å². The molecule has 0 N–H and O–H groups in total. The molecule has 2 aromatic carbocycles. The van der Waals surface area contributed by atoms with Crippen LogP contribution in [-0.2, 0) is 6.42 Å². The van der Waals surface area contributed by atoms with Gasteiger partial charge in [0.15, 0.2) is 0 Å². The first-order valence-electron chi connectivity index (χ1n) is 7.73. The van der Waals surface area contributed by atoms with Gasteiger partial charge in [0.05, 0.1) is 12.1 Å². The SMILES string of the molecule is C#CCN(C)C1CCc2ccc(OC(=O)c3ccccc3)cc21. The molecule has 2 aromatic rings. The second-order valence-electron chi connectivity index (χ2n) is 5.79. The summed E-state index contributed by atoms with van der Waals surface area (Å²) in [5.41, 5.74) is 3.06. The summed E-state index contributed by atoms with van der Waals surface area (Å²) < 4.78 is 5.52. The van der Waals surface area contributed by atoms with Crippen molar-refractivity contribution in [3.63, 3.8) is 0 Å². The first kappa shape index (κ1) is 15.3. The number of carbonyl (C=O) groups is 1. The Labute approximate surface area is 136 Å². The molecule has 0 fully saturated rings. The molecule has 0 bridgehead atoms. The lowest BCUT2D eigenvalue weighted by atomic mass is 10.1. The number of terminal acetylenes is 1. The van der Waals surface area contributed by atoms with Gasteiger partial charge in [0.25, 0.3) is 0 Å². The zero-order valence-electron chi connectivity index (χ0n) is 13.2. The summed E-state index contributed by atoms with van der Waals surface area (Å²) in [5.74, 6) is 2.93. The molecular formula is C20H19NO2. The molecule has 1 atom stereocenters. The topological polar surface area (TPSA) is 29.5 Å². The summed E-state index contributed by atoms with van der Waals surface area (Å²) in [6, 6.07) is 15.2. The molecule has 1 aliphatic carbocycles. The van der Waals surface area contributed by atoms with Crippen molar-refractivity contribution in [2.24, 2.45) is 0 Å². The monoisotopic (exact) mass is 305 g/mol. The molecule has 0 amide bonds. The van der Waals surface area contributed by atoms with Crippen molar-refractivity contribution in [2.45, 2.75) is 18.9 Å². The van der Waals surface area contributed by atoms with E-state index in [9.17, 15) is 4.79 Å². The Kier molecular flexibility index (Phi) is 4.45. The summed E-state index contributed by atoms with van der Waals surface area (Å²) in [4.78, 5) is 14.3.